The molecule has 9 nitrogen and oxygen atoms in total. The number of β-lactam (4-membered cyclic amide) rings is 1. The number of rotatable bonds is 9. The lowest BCUT2D eigenvalue weighted by Crippen LogP contribution is -2.73. The Labute approximate surface area is 197 Å². The van der Waals surface area contributed by atoms with Crippen LogP contribution >= 0.6 is 0 Å². The quantitative estimate of drug-likeness (QED) is 0.242. The van der Waals surface area contributed by atoms with Crippen LogP contribution in [0.2, 0.25) is 0 Å². The van der Waals surface area contributed by atoms with Crippen LogP contribution < -0.4 is 9.47 Å². The lowest BCUT2D eigenvalue weighted by molar-refractivity contribution is -0.174. The van der Waals surface area contributed by atoms with E-state index in [1.54, 1.807) is 30.3 Å². The van der Waals surface area contributed by atoms with Crippen molar-refractivity contribution in [1.29, 1.82) is 0 Å². The van der Waals surface area contributed by atoms with Gasteiger partial charge in [0.15, 0.2) is 12.1 Å². The first-order valence-corrected chi connectivity index (χ1v) is 11.1. The van der Waals surface area contributed by atoms with Crippen molar-refractivity contribution in [2.75, 3.05) is 20.8 Å². The van der Waals surface area contributed by atoms with Crippen molar-refractivity contribution in [3.8, 4) is 11.5 Å². The van der Waals surface area contributed by atoms with Crippen LogP contribution in [0.1, 0.15) is 46.0 Å². The summed E-state index contributed by atoms with van der Waals surface area (Å²) in [6.45, 7) is 2.19. The van der Waals surface area contributed by atoms with Crippen molar-refractivity contribution in [3.63, 3.8) is 0 Å². The molecule has 0 bridgehead atoms. The van der Waals surface area contributed by atoms with Gasteiger partial charge in [0.05, 0.1) is 38.5 Å². The average molecular weight is 466 g/mol. The van der Waals surface area contributed by atoms with Gasteiger partial charge in [-0.05, 0) is 30.7 Å². The molecule has 1 fully saturated rings. The lowest BCUT2D eigenvalue weighted by Gasteiger charge is -2.47. The van der Waals surface area contributed by atoms with Gasteiger partial charge in [-0.2, -0.15) is 0 Å². The second kappa shape index (κ2) is 9.54. The van der Waals surface area contributed by atoms with Gasteiger partial charge >= 0.3 is 5.97 Å². The molecule has 0 aliphatic carbocycles. The molecule has 0 N–H and O–H groups in total. The van der Waals surface area contributed by atoms with E-state index in [1.807, 2.05) is 6.92 Å². The summed E-state index contributed by atoms with van der Waals surface area (Å²) in [5, 5.41) is 0. The van der Waals surface area contributed by atoms with Crippen LogP contribution in [0.25, 0.3) is 0 Å². The van der Waals surface area contributed by atoms with E-state index in [0.29, 0.717) is 23.5 Å². The highest BCUT2D eigenvalue weighted by atomic mass is 16.5. The van der Waals surface area contributed by atoms with E-state index in [0.717, 1.165) is 11.3 Å². The Morgan fingerprint density at radius 3 is 2.24 bits per heavy atom. The van der Waals surface area contributed by atoms with E-state index in [1.165, 1.54) is 31.3 Å². The normalized spacial score (nSPS) is 19.1. The first-order valence-electron chi connectivity index (χ1n) is 11.1. The summed E-state index contributed by atoms with van der Waals surface area (Å²) in [5.41, 5.74) is 1.08. The number of benzene rings is 2. The maximum atomic E-state index is 13.3. The zero-order chi connectivity index (χ0) is 24.4. The first-order chi connectivity index (χ1) is 16.4. The summed E-state index contributed by atoms with van der Waals surface area (Å²) in [6.07, 6.45) is 1.49. The molecule has 0 unspecified atom stereocenters. The third kappa shape index (κ3) is 3.87. The summed E-state index contributed by atoms with van der Waals surface area (Å²) in [5.74, 6) is -1.28. The summed E-state index contributed by atoms with van der Waals surface area (Å²) in [7, 11) is 3.02. The van der Waals surface area contributed by atoms with Gasteiger partial charge in [-0.15, -0.1) is 0 Å². The van der Waals surface area contributed by atoms with Crippen LogP contribution in [0.3, 0.4) is 0 Å². The maximum Gasteiger partial charge on any atom is 0.331 e. The molecule has 2 aromatic carbocycles. The molecule has 3 amide bonds. The number of esters is 1. The number of nitrogens with zero attached hydrogens (tertiary/aromatic N) is 2. The van der Waals surface area contributed by atoms with Crippen molar-refractivity contribution in [3.05, 3.63) is 59.2 Å². The number of fused-ring (bicyclic) bond motifs is 1. The average Bonchev–Trinajstić information content (AvgIpc) is 3.10. The number of carbonyl (C=O) groups excluding carboxylic acids is 4. The topological polar surface area (TPSA) is 102 Å². The SMILES string of the molecule is CCCCOC(=O)[C@H]1[C@@H](N2C(=O)c3ccccc3C2=O)C(=O)N1Cc1ccc(OC)cc1OC. The molecule has 0 radical (unpaired) electrons. The highest BCUT2D eigenvalue weighted by Crippen LogP contribution is 2.36. The molecule has 34 heavy (non-hydrogen) atoms. The summed E-state index contributed by atoms with van der Waals surface area (Å²) >= 11 is 0. The number of amides is 3. The molecular formula is C25H26N2O7. The van der Waals surface area contributed by atoms with Gasteiger partial charge in [-0.25, -0.2) is 4.79 Å². The predicted octanol–water partition coefficient (Wildman–Crippen LogP) is 2.42. The molecule has 2 heterocycles. The van der Waals surface area contributed by atoms with Crippen LogP contribution in [0.15, 0.2) is 42.5 Å². The Balaban J connectivity index is 1.64. The number of hydrogen-bond donors (Lipinski definition) is 0. The van der Waals surface area contributed by atoms with Crippen molar-refractivity contribution in [2.24, 2.45) is 0 Å². The molecule has 1 saturated heterocycles. The number of methoxy groups -OCH3 is 2. The Morgan fingerprint density at radius 2 is 1.65 bits per heavy atom. The number of carbonyl (C=O) groups is 4. The number of imide groups is 1. The van der Waals surface area contributed by atoms with Gasteiger partial charge in [0, 0.05) is 11.6 Å². The van der Waals surface area contributed by atoms with Gasteiger partial charge in [-0.1, -0.05) is 25.5 Å². The van der Waals surface area contributed by atoms with Gasteiger partial charge in [0.25, 0.3) is 11.8 Å². The van der Waals surface area contributed by atoms with E-state index in [2.05, 4.69) is 0 Å². The van der Waals surface area contributed by atoms with Crippen molar-refractivity contribution < 1.29 is 33.4 Å². The molecule has 4 rings (SSSR count). The Bertz CT molecular complexity index is 1110. The molecule has 9 heteroatoms. The van der Waals surface area contributed by atoms with Gasteiger partial charge < -0.3 is 19.1 Å². The highest BCUT2D eigenvalue weighted by molar-refractivity contribution is 6.24. The number of ether oxygens (including phenoxy) is 3. The molecule has 2 aliphatic rings. The monoisotopic (exact) mass is 466 g/mol. The fourth-order valence-corrected chi connectivity index (χ4v) is 4.24. The van der Waals surface area contributed by atoms with E-state index in [-0.39, 0.29) is 24.3 Å². The van der Waals surface area contributed by atoms with Gasteiger partial charge in [0.2, 0.25) is 5.91 Å². The third-order valence-corrected chi connectivity index (χ3v) is 6.09. The molecule has 0 spiro atoms. The summed E-state index contributed by atoms with van der Waals surface area (Å²) in [4.78, 5) is 54.5. The van der Waals surface area contributed by atoms with Crippen molar-refractivity contribution in [1.82, 2.24) is 9.80 Å². The van der Waals surface area contributed by atoms with Crippen molar-refractivity contribution >= 4 is 23.7 Å². The fourth-order valence-electron chi connectivity index (χ4n) is 4.24. The molecule has 2 atom stereocenters. The second-order valence-electron chi connectivity index (χ2n) is 8.08. The van der Waals surface area contributed by atoms with E-state index in [9.17, 15) is 19.2 Å². The first kappa shape index (κ1) is 23.3. The van der Waals surface area contributed by atoms with Gasteiger partial charge in [0.1, 0.15) is 11.5 Å². The van der Waals surface area contributed by atoms with Crippen LogP contribution in [0, 0.1) is 0 Å². The minimum absolute atomic E-state index is 0.0409. The molecule has 178 valence electrons. The zero-order valence-corrected chi connectivity index (χ0v) is 19.3. The lowest BCUT2D eigenvalue weighted by atomic mass is 9.92. The molecule has 0 saturated carbocycles. The molecule has 2 aromatic rings. The summed E-state index contributed by atoms with van der Waals surface area (Å²) in [6, 6.07) is 9.13. The van der Waals surface area contributed by atoms with E-state index >= 15 is 0 Å². The fraction of sp³-hybridized carbons (Fsp3) is 0.360. The van der Waals surface area contributed by atoms with Crippen LogP contribution in [0.4, 0.5) is 0 Å². The third-order valence-electron chi connectivity index (χ3n) is 6.09. The van der Waals surface area contributed by atoms with Crippen LogP contribution in [0.5, 0.6) is 11.5 Å². The van der Waals surface area contributed by atoms with E-state index in [4.69, 9.17) is 14.2 Å². The summed E-state index contributed by atoms with van der Waals surface area (Å²) < 4.78 is 16.0. The minimum Gasteiger partial charge on any atom is -0.497 e. The Morgan fingerprint density at radius 1 is 0.971 bits per heavy atom. The molecular weight excluding hydrogens is 440 g/mol. The minimum atomic E-state index is -1.26. The van der Waals surface area contributed by atoms with Crippen LogP contribution in [-0.2, 0) is 20.9 Å². The Hall–Kier alpha value is -3.88. The van der Waals surface area contributed by atoms with Crippen LogP contribution in [-0.4, -0.2) is 66.4 Å². The van der Waals surface area contributed by atoms with Gasteiger partial charge in [-0.3, -0.25) is 19.3 Å². The second-order valence-corrected chi connectivity index (χ2v) is 8.08. The van der Waals surface area contributed by atoms with Crippen molar-refractivity contribution in [2.45, 2.75) is 38.4 Å². The zero-order valence-electron chi connectivity index (χ0n) is 19.3. The largest absolute Gasteiger partial charge is 0.497 e. The molecule has 2 aliphatic heterocycles. The standard InChI is InChI=1S/C25H26N2O7/c1-4-5-12-34-25(31)21-20(27-22(28)17-8-6-7-9-18(17)23(27)29)24(30)26(21)14-15-10-11-16(32-2)13-19(15)33-3/h6-11,13,20-21H,4-5,12,14H2,1-3H3/t20-,21-/m1/s1. The highest BCUT2D eigenvalue weighted by Gasteiger charge is 2.59. The van der Waals surface area contributed by atoms with E-state index < -0.39 is 35.8 Å². The number of likely N-dealkylation sites (tertiary alicyclic amines) is 1. The number of hydrogen-bond acceptors (Lipinski definition) is 7. The maximum absolute atomic E-state index is 13.3. The number of unbranched alkanes of at least 4 members (excludes halogenated alkanes) is 1. The smallest absolute Gasteiger partial charge is 0.331 e. The molecule has 0 aromatic heterocycles. The Kier molecular flexibility index (Phi) is 6.54. The predicted molar refractivity (Wildman–Crippen MR) is 120 cm³/mol.